The number of para-hydroxylation sites is 1. The molecule has 9 heteroatoms. The van der Waals surface area contributed by atoms with E-state index < -0.39 is 5.91 Å². The number of aliphatic hydroxyl groups excluding tert-OH is 1. The molecule has 3 aromatic rings. The fraction of sp³-hybridized carbons (Fsp3) is 0.150. The van der Waals surface area contributed by atoms with E-state index in [0.29, 0.717) is 5.16 Å². The number of amides is 1. The first kappa shape index (κ1) is 20.1. The highest BCUT2D eigenvalue weighted by atomic mass is 32.2. The predicted octanol–water partition coefficient (Wildman–Crippen LogP) is 2.71. The van der Waals surface area contributed by atoms with Gasteiger partial charge in [0.05, 0.1) is 11.4 Å². The summed E-state index contributed by atoms with van der Waals surface area (Å²) in [6.07, 6.45) is 0. The van der Waals surface area contributed by atoms with E-state index in [1.807, 2.05) is 61.5 Å². The van der Waals surface area contributed by atoms with Gasteiger partial charge in [0.15, 0.2) is 5.57 Å². The van der Waals surface area contributed by atoms with Crippen LogP contribution in [0.25, 0.3) is 5.69 Å². The minimum absolute atomic E-state index is 0.0199. The van der Waals surface area contributed by atoms with Crippen LogP contribution in [0.1, 0.15) is 11.1 Å². The first-order chi connectivity index (χ1) is 14.1. The summed E-state index contributed by atoms with van der Waals surface area (Å²) in [5.74, 6) is -0.983. The van der Waals surface area contributed by atoms with Gasteiger partial charge < -0.3 is 10.4 Å². The maximum absolute atomic E-state index is 12.3. The summed E-state index contributed by atoms with van der Waals surface area (Å²) in [5.41, 5.74) is 2.36. The summed E-state index contributed by atoms with van der Waals surface area (Å²) in [4.78, 5) is 12.3. The van der Waals surface area contributed by atoms with Crippen LogP contribution in [0.4, 0.5) is 0 Å². The molecular weight excluding hydrogens is 388 g/mol. The second kappa shape index (κ2) is 9.52. The van der Waals surface area contributed by atoms with Crippen LogP contribution >= 0.6 is 11.8 Å². The third-order valence-electron chi connectivity index (χ3n) is 4.05. The molecule has 2 N–H and O–H groups in total. The molecule has 1 aromatic heterocycles. The zero-order valence-corrected chi connectivity index (χ0v) is 16.4. The zero-order chi connectivity index (χ0) is 20.6. The first-order valence-electron chi connectivity index (χ1n) is 8.71. The number of hydrogen-bond acceptors (Lipinski definition) is 7. The first-order valence-corrected chi connectivity index (χ1v) is 9.70. The molecule has 8 nitrogen and oxygen atoms in total. The average Bonchev–Trinajstić information content (AvgIpc) is 3.20. The Balaban J connectivity index is 1.69. The summed E-state index contributed by atoms with van der Waals surface area (Å²) in [7, 11) is 0. The average molecular weight is 406 g/mol. The molecule has 0 spiro atoms. The van der Waals surface area contributed by atoms with Gasteiger partial charge in [-0.1, -0.05) is 60.3 Å². The molecule has 0 fully saturated rings. The zero-order valence-electron chi connectivity index (χ0n) is 15.6. The van der Waals surface area contributed by atoms with Gasteiger partial charge in [-0.3, -0.25) is 4.79 Å². The van der Waals surface area contributed by atoms with Crippen molar-refractivity contribution in [2.75, 3.05) is 5.75 Å². The minimum Gasteiger partial charge on any atom is -0.510 e. The van der Waals surface area contributed by atoms with Gasteiger partial charge in [0.25, 0.3) is 5.91 Å². The molecule has 0 unspecified atom stereocenters. The molecule has 0 bridgehead atoms. The molecule has 146 valence electrons. The van der Waals surface area contributed by atoms with E-state index in [2.05, 4.69) is 20.8 Å². The lowest BCUT2D eigenvalue weighted by Crippen LogP contribution is -2.25. The summed E-state index contributed by atoms with van der Waals surface area (Å²) >= 11 is 1.13. The molecule has 0 radical (unpaired) electrons. The Hall–Kier alpha value is -3.64. The number of rotatable bonds is 7. The molecule has 3 rings (SSSR count). The molecule has 0 aliphatic heterocycles. The summed E-state index contributed by atoms with van der Waals surface area (Å²) in [6.45, 7) is 2.20. The van der Waals surface area contributed by atoms with Gasteiger partial charge in [-0.05, 0) is 34.5 Å². The van der Waals surface area contributed by atoms with Gasteiger partial charge in [0, 0.05) is 6.54 Å². The van der Waals surface area contributed by atoms with E-state index >= 15 is 0 Å². The molecular formula is C20H18N6O2S. The smallest absolute Gasteiger partial charge is 0.265 e. The lowest BCUT2D eigenvalue weighted by molar-refractivity contribution is -0.117. The highest BCUT2D eigenvalue weighted by Gasteiger charge is 2.17. The van der Waals surface area contributed by atoms with Gasteiger partial charge in [-0.15, -0.1) is 5.10 Å². The molecule has 1 amide bonds. The van der Waals surface area contributed by atoms with Gasteiger partial charge in [-0.25, -0.2) is 0 Å². The number of nitriles is 1. The number of benzene rings is 2. The number of aromatic nitrogens is 4. The third kappa shape index (κ3) is 5.00. The molecule has 29 heavy (non-hydrogen) atoms. The molecule has 0 aliphatic rings. The van der Waals surface area contributed by atoms with Crippen LogP contribution in [0.15, 0.2) is 71.1 Å². The molecule has 0 saturated heterocycles. The Bertz CT molecular complexity index is 1070. The minimum atomic E-state index is -0.632. The monoisotopic (exact) mass is 406 g/mol. The van der Waals surface area contributed by atoms with Crippen LogP contribution in [-0.2, 0) is 11.3 Å². The topological polar surface area (TPSA) is 117 Å². The fourth-order valence-electron chi connectivity index (χ4n) is 2.54. The predicted molar refractivity (Wildman–Crippen MR) is 108 cm³/mol. The number of aliphatic hydroxyl groups is 1. The summed E-state index contributed by atoms with van der Waals surface area (Å²) in [6, 6.07) is 18.7. The Morgan fingerprint density at radius 3 is 2.66 bits per heavy atom. The number of nitrogens with zero attached hydrogens (tertiary/aromatic N) is 5. The second-order valence-electron chi connectivity index (χ2n) is 6.05. The van der Waals surface area contributed by atoms with E-state index in [9.17, 15) is 15.2 Å². The SMILES string of the molecule is Cc1ccccc1-n1nnnc1SC/C(O)=C(\C#N)C(=O)NCc1ccccc1. The van der Waals surface area contributed by atoms with Crippen molar-refractivity contribution in [1.29, 1.82) is 5.26 Å². The Labute approximate surface area is 171 Å². The van der Waals surface area contributed by atoms with Crippen LogP contribution in [-0.4, -0.2) is 37.0 Å². The number of nitrogens with one attached hydrogen (secondary N) is 1. The van der Waals surface area contributed by atoms with Crippen molar-refractivity contribution in [1.82, 2.24) is 25.5 Å². The van der Waals surface area contributed by atoms with Crippen molar-refractivity contribution < 1.29 is 9.90 Å². The summed E-state index contributed by atoms with van der Waals surface area (Å²) < 4.78 is 1.55. The number of hydrogen-bond donors (Lipinski definition) is 2. The second-order valence-corrected chi connectivity index (χ2v) is 6.99. The Morgan fingerprint density at radius 2 is 1.93 bits per heavy atom. The van der Waals surface area contributed by atoms with E-state index in [1.165, 1.54) is 0 Å². The molecule has 0 atom stereocenters. The maximum atomic E-state index is 12.3. The van der Waals surface area contributed by atoms with Crippen LogP contribution in [0, 0.1) is 18.3 Å². The van der Waals surface area contributed by atoms with Crippen LogP contribution < -0.4 is 5.32 Å². The summed E-state index contributed by atoms with van der Waals surface area (Å²) in [5, 5.41) is 34.3. The Morgan fingerprint density at radius 1 is 1.21 bits per heavy atom. The van der Waals surface area contributed by atoms with E-state index in [0.717, 1.165) is 28.6 Å². The number of carbonyl (C=O) groups excluding carboxylic acids is 1. The van der Waals surface area contributed by atoms with Crippen molar-refractivity contribution in [2.45, 2.75) is 18.6 Å². The molecule has 2 aromatic carbocycles. The van der Waals surface area contributed by atoms with Gasteiger partial charge in [-0.2, -0.15) is 9.94 Å². The number of aryl methyl sites for hydroxylation is 1. The highest BCUT2D eigenvalue weighted by molar-refractivity contribution is 7.99. The van der Waals surface area contributed by atoms with Crippen LogP contribution in [0.2, 0.25) is 0 Å². The molecule has 0 aliphatic carbocycles. The van der Waals surface area contributed by atoms with Gasteiger partial charge in [0.1, 0.15) is 11.8 Å². The lowest BCUT2D eigenvalue weighted by Gasteiger charge is -2.08. The third-order valence-corrected chi connectivity index (χ3v) is 4.98. The van der Waals surface area contributed by atoms with Crippen molar-refractivity contribution in [3.8, 4) is 11.8 Å². The Kier molecular flexibility index (Phi) is 6.60. The normalized spacial score (nSPS) is 11.4. The largest absolute Gasteiger partial charge is 0.510 e. The standard InChI is InChI=1S/C20H18N6O2S/c1-14-7-5-6-10-17(14)26-20(23-24-25-26)29-13-18(27)16(11-21)19(28)22-12-15-8-3-2-4-9-15/h2-10,27H,12-13H2,1H3,(H,22,28)/b18-16-. The van der Waals surface area contributed by atoms with E-state index in [-0.39, 0.29) is 23.6 Å². The van der Waals surface area contributed by atoms with Crippen molar-refractivity contribution in [3.05, 3.63) is 77.1 Å². The quantitative estimate of drug-likeness (QED) is 0.268. The van der Waals surface area contributed by atoms with Gasteiger partial charge >= 0.3 is 0 Å². The van der Waals surface area contributed by atoms with E-state index in [1.54, 1.807) is 10.8 Å². The maximum Gasteiger partial charge on any atom is 0.265 e. The number of thioether (sulfide) groups is 1. The molecule has 1 heterocycles. The number of tetrazole rings is 1. The number of carbonyl (C=O) groups is 1. The van der Waals surface area contributed by atoms with Gasteiger partial charge in [0.2, 0.25) is 5.16 Å². The van der Waals surface area contributed by atoms with E-state index in [4.69, 9.17) is 0 Å². The molecule has 0 saturated carbocycles. The van der Waals surface area contributed by atoms with Crippen molar-refractivity contribution >= 4 is 17.7 Å². The highest BCUT2D eigenvalue weighted by Crippen LogP contribution is 2.22. The lowest BCUT2D eigenvalue weighted by atomic mass is 10.2. The van der Waals surface area contributed by atoms with Crippen molar-refractivity contribution in [2.24, 2.45) is 0 Å². The van der Waals surface area contributed by atoms with Crippen molar-refractivity contribution in [3.63, 3.8) is 0 Å². The van der Waals surface area contributed by atoms with Crippen LogP contribution in [0.5, 0.6) is 0 Å². The van der Waals surface area contributed by atoms with Crippen LogP contribution in [0.3, 0.4) is 0 Å². The fourth-order valence-corrected chi connectivity index (χ4v) is 3.30.